The minimum atomic E-state index is 0.223. The average molecular weight is 280 g/mol. The van der Waals surface area contributed by atoms with Crippen LogP contribution in [-0.4, -0.2) is 35.3 Å². The molecular weight excluding hydrogens is 260 g/mol. The predicted octanol–water partition coefficient (Wildman–Crippen LogP) is 2.53. The second-order valence-corrected chi connectivity index (χ2v) is 5.50. The number of carbonyl (C=O) groups is 1. The third-order valence-corrected chi connectivity index (χ3v) is 3.86. The van der Waals surface area contributed by atoms with E-state index in [2.05, 4.69) is 29.2 Å². The number of amides is 1. The summed E-state index contributed by atoms with van der Waals surface area (Å²) in [6.45, 7) is 3.83. The summed E-state index contributed by atoms with van der Waals surface area (Å²) in [5.41, 5.74) is 2.46. The quantitative estimate of drug-likeness (QED) is 0.859. The molecule has 0 aliphatic carbocycles. The lowest BCUT2D eigenvalue weighted by molar-refractivity contribution is -0.136. The Labute approximate surface area is 125 Å². The van der Waals surface area contributed by atoms with E-state index in [4.69, 9.17) is 0 Å². The molecule has 1 saturated heterocycles. The van der Waals surface area contributed by atoms with Crippen LogP contribution in [0.3, 0.4) is 0 Å². The predicted molar refractivity (Wildman–Crippen MR) is 83.6 cm³/mol. The van der Waals surface area contributed by atoms with E-state index in [1.165, 1.54) is 11.1 Å². The van der Waals surface area contributed by atoms with Crippen molar-refractivity contribution in [3.63, 3.8) is 0 Å². The molecule has 3 heteroatoms. The normalized spacial score (nSPS) is 16.2. The molecule has 21 heavy (non-hydrogen) atoms. The van der Waals surface area contributed by atoms with Gasteiger partial charge in [-0.25, -0.2) is 0 Å². The van der Waals surface area contributed by atoms with Crippen LogP contribution < -0.4 is 0 Å². The van der Waals surface area contributed by atoms with Crippen molar-refractivity contribution < 1.29 is 4.79 Å². The highest BCUT2D eigenvalue weighted by Gasteiger charge is 2.23. The monoisotopic (exact) mass is 280 g/mol. The van der Waals surface area contributed by atoms with E-state index in [0.29, 0.717) is 6.54 Å². The number of piperazine rings is 1. The summed E-state index contributed by atoms with van der Waals surface area (Å²) in [5.74, 6) is 0.223. The molecule has 3 nitrogen and oxygen atoms in total. The molecule has 0 atom stereocenters. The minimum absolute atomic E-state index is 0.223. The summed E-state index contributed by atoms with van der Waals surface area (Å²) in [7, 11) is 0. The minimum Gasteiger partial charge on any atom is -0.336 e. The average Bonchev–Trinajstić information content (AvgIpc) is 2.52. The molecule has 108 valence electrons. The number of carbonyl (C=O) groups excluding carboxylic acids is 1. The topological polar surface area (TPSA) is 23.6 Å². The van der Waals surface area contributed by atoms with Crippen LogP contribution in [0.2, 0.25) is 0 Å². The Morgan fingerprint density at radius 2 is 1.33 bits per heavy atom. The Balaban J connectivity index is 1.56. The van der Waals surface area contributed by atoms with E-state index in [0.717, 1.165) is 26.2 Å². The third kappa shape index (κ3) is 3.70. The molecule has 0 spiro atoms. The van der Waals surface area contributed by atoms with Gasteiger partial charge >= 0.3 is 0 Å². The Hall–Kier alpha value is -2.13. The third-order valence-electron chi connectivity index (χ3n) is 3.86. The van der Waals surface area contributed by atoms with Gasteiger partial charge in [0.05, 0.1) is 6.54 Å². The van der Waals surface area contributed by atoms with Gasteiger partial charge in [-0.3, -0.25) is 9.69 Å². The van der Waals surface area contributed by atoms with Crippen LogP contribution in [-0.2, 0) is 17.9 Å². The first-order valence-corrected chi connectivity index (χ1v) is 7.39. The smallest absolute Gasteiger partial charge is 0.237 e. The lowest BCUT2D eigenvalue weighted by atomic mass is 10.1. The highest BCUT2D eigenvalue weighted by molar-refractivity contribution is 5.79. The number of benzene rings is 2. The summed E-state index contributed by atoms with van der Waals surface area (Å²) in [4.78, 5) is 16.5. The van der Waals surface area contributed by atoms with E-state index < -0.39 is 0 Å². The first-order valence-electron chi connectivity index (χ1n) is 7.39. The van der Waals surface area contributed by atoms with E-state index in [-0.39, 0.29) is 5.91 Å². The standard InChI is InChI=1S/C18H20N2O/c21-18-15-19(13-16-7-3-1-4-8-16)11-12-20(18)14-17-9-5-2-6-10-17/h1-10H,11-15H2. The van der Waals surface area contributed by atoms with Gasteiger partial charge in [0.25, 0.3) is 0 Å². The van der Waals surface area contributed by atoms with Crippen molar-refractivity contribution in [3.05, 3.63) is 71.8 Å². The molecule has 0 aromatic heterocycles. The lowest BCUT2D eigenvalue weighted by Gasteiger charge is -2.34. The zero-order valence-electron chi connectivity index (χ0n) is 12.1. The Morgan fingerprint density at radius 1 is 0.762 bits per heavy atom. The molecule has 1 aliphatic rings. The van der Waals surface area contributed by atoms with Crippen molar-refractivity contribution in [2.45, 2.75) is 13.1 Å². The summed E-state index contributed by atoms with van der Waals surface area (Å²) in [6, 6.07) is 20.5. The Bertz CT molecular complexity index is 583. The Morgan fingerprint density at radius 3 is 1.90 bits per heavy atom. The van der Waals surface area contributed by atoms with E-state index in [1.807, 2.05) is 41.3 Å². The van der Waals surface area contributed by atoms with Crippen LogP contribution in [0.1, 0.15) is 11.1 Å². The summed E-state index contributed by atoms with van der Waals surface area (Å²) in [5, 5.41) is 0. The van der Waals surface area contributed by atoms with Crippen LogP contribution in [0.5, 0.6) is 0 Å². The van der Waals surface area contributed by atoms with Gasteiger partial charge in [-0.2, -0.15) is 0 Å². The highest BCUT2D eigenvalue weighted by Crippen LogP contribution is 2.12. The number of hydrogen-bond donors (Lipinski definition) is 0. The maximum atomic E-state index is 12.3. The first-order chi connectivity index (χ1) is 10.3. The Kier molecular flexibility index (Phi) is 4.31. The van der Waals surface area contributed by atoms with Crippen LogP contribution in [0.25, 0.3) is 0 Å². The zero-order chi connectivity index (χ0) is 14.5. The molecule has 2 aromatic carbocycles. The molecule has 3 rings (SSSR count). The fourth-order valence-electron chi connectivity index (χ4n) is 2.70. The maximum absolute atomic E-state index is 12.3. The van der Waals surface area contributed by atoms with Crippen molar-refractivity contribution in [2.75, 3.05) is 19.6 Å². The van der Waals surface area contributed by atoms with Crippen molar-refractivity contribution in [3.8, 4) is 0 Å². The van der Waals surface area contributed by atoms with E-state index in [1.54, 1.807) is 0 Å². The lowest BCUT2D eigenvalue weighted by Crippen LogP contribution is -2.49. The number of nitrogens with zero attached hydrogens (tertiary/aromatic N) is 2. The molecule has 2 aromatic rings. The second kappa shape index (κ2) is 6.55. The SMILES string of the molecule is O=C1CN(Cc2ccccc2)CCN1Cc1ccccc1. The molecule has 1 fully saturated rings. The van der Waals surface area contributed by atoms with Gasteiger partial charge in [-0.15, -0.1) is 0 Å². The van der Waals surface area contributed by atoms with Gasteiger partial charge in [-0.1, -0.05) is 60.7 Å². The van der Waals surface area contributed by atoms with Crippen molar-refractivity contribution in [1.29, 1.82) is 0 Å². The molecule has 0 saturated carbocycles. The maximum Gasteiger partial charge on any atom is 0.237 e. The molecule has 1 aliphatic heterocycles. The largest absolute Gasteiger partial charge is 0.336 e. The van der Waals surface area contributed by atoms with Gasteiger partial charge in [-0.05, 0) is 11.1 Å². The second-order valence-electron chi connectivity index (χ2n) is 5.50. The molecule has 0 N–H and O–H groups in total. The molecule has 1 heterocycles. The van der Waals surface area contributed by atoms with E-state index in [9.17, 15) is 4.79 Å². The van der Waals surface area contributed by atoms with Gasteiger partial charge in [0.2, 0.25) is 5.91 Å². The zero-order valence-corrected chi connectivity index (χ0v) is 12.1. The highest BCUT2D eigenvalue weighted by atomic mass is 16.2. The van der Waals surface area contributed by atoms with Crippen molar-refractivity contribution in [2.24, 2.45) is 0 Å². The molecule has 0 radical (unpaired) electrons. The van der Waals surface area contributed by atoms with Crippen LogP contribution >= 0.6 is 0 Å². The van der Waals surface area contributed by atoms with E-state index >= 15 is 0 Å². The fraction of sp³-hybridized carbons (Fsp3) is 0.278. The van der Waals surface area contributed by atoms with Crippen LogP contribution in [0, 0.1) is 0 Å². The van der Waals surface area contributed by atoms with Crippen LogP contribution in [0.15, 0.2) is 60.7 Å². The molecule has 1 amide bonds. The summed E-state index contributed by atoms with van der Waals surface area (Å²) in [6.07, 6.45) is 0. The first kappa shape index (κ1) is 13.8. The van der Waals surface area contributed by atoms with Gasteiger partial charge in [0, 0.05) is 26.2 Å². The summed E-state index contributed by atoms with van der Waals surface area (Å²) >= 11 is 0. The number of rotatable bonds is 4. The summed E-state index contributed by atoms with van der Waals surface area (Å²) < 4.78 is 0. The van der Waals surface area contributed by atoms with Gasteiger partial charge < -0.3 is 4.90 Å². The van der Waals surface area contributed by atoms with Gasteiger partial charge in [0.15, 0.2) is 0 Å². The molecular formula is C18H20N2O. The fourth-order valence-corrected chi connectivity index (χ4v) is 2.70. The van der Waals surface area contributed by atoms with Crippen LogP contribution in [0.4, 0.5) is 0 Å². The van der Waals surface area contributed by atoms with Crippen molar-refractivity contribution in [1.82, 2.24) is 9.80 Å². The van der Waals surface area contributed by atoms with Crippen molar-refractivity contribution >= 4 is 5.91 Å². The van der Waals surface area contributed by atoms with Gasteiger partial charge in [0.1, 0.15) is 0 Å². The number of hydrogen-bond acceptors (Lipinski definition) is 2. The molecule has 0 unspecified atom stereocenters. The molecule has 0 bridgehead atoms.